The first kappa shape index (κ1) is 15.0. The maximum atomic E-state index is 12.9. The lowest BCUT2D eigenvalue weighted by molar-refractivity contribution is 0.0621. The molecular weight excluding hydrogens is 280 g/mol. The van der Waals surface area contributed by atoms with E-state index < -0.39 is 0 Å². The summed E-state index contributed by atoms with van der Waals surface area (Å²) in [5, 5.41) is 3.67. The van der Waals surface area contributed by atoms with Crippen LogP contribution in [0.2, 0.25) is 0 Å². The van der Waals surface area contributed by atoms with Crippen LogP contribution in [0, 0.1) is 13.8 Å². The zero-order chi connectivity index (χ0) is 15.0. The van der Waals surface area contributed by atoms with E-state index in [9.17, 15) is 4.79 Å². The van der Waals surface area contributed by atoms with Gasteiger partial charge in [-0.25, -0.2) is 0 Å². The Morgan fingerprint density at radius 1 is 1.33 bits per heavy atom. The minimum atomic E-state index is 0.254. The number of carbonyl (C=O) groups is 1. The molecule has 0 aromatic carbocycles. The summed E-state index contributed by atoms with van der Waals surface area (Å²) in [7, 11) is 0. The molecule has 0 radical (unpaired) electrons. The molecule has 0 spiro atoms. The minimum absolute atomic E-state index is 0.254. The van der Waals surface area contributed by atoms with Crippen molar-refractivity contribution in [1.82, 2.24) is 10.2 Å². The number of hydrogen-bond donors (Lipinski definition) is 1. The molecule has 0 saturated carbocycles. The highest BCUT2D eigenvalue weighted by Gasteiger charge is 2.37. The van der Waals surface area contributed by atoms with Crippen molar-refractivity contribution < 1.29 is 4.79 Å². The van der Waals surface area contributed by atoms with Gasteiger partial charge in [-0.2, -0.15) is 0 Å². The molecule has 2 atom stereocenters. The number of thiophene rings is 1. The molecule has 1 aromatic heterocycles. The highest BCUT2D eigenvalue weighted by molar-refractivity contribution is 7.14. The maximum Gasteiger partial charge on any atom is 0.264 e. The largest absolute Gasteiger partial charge is 0.335 e. The molecule has 21 heavy (non-hydrogen) atoms. The molecular formula is C17H26N2OS. The average Bonchev–Trinajstić information content (AvgIpc) is 2.98. The van der Waals surface area contributed by atoms with E-state index >= 15 is 0 Å². The van der Waals surface area contributed by atoms with Crippen LogP contribution in [-0.2, 0) is 0 Å². The molecule has 3 nitrogen and oxygen atoms in total. The number of fused-ring (bicyclic) bond motifs is 2. The molecule has 4 heteroatoms. The molecule has 3 heterocycles. The molecule has 2 aliphatic rings. The van der Waals surface area contributed by atoms with Gasteiger partial charge < -0.3 is 10.2 Å². The predicted octanol–water partition coefficient (Wildman–Crippen LogP) is 3.50. The number of amides is 1. The molecule has 1 amide bonds. The number of rotatable bonds is 4. The number of nitrogens with one attached hydrogen (secondary N) is 1. The Kier molecular flexibility index (Phi) is 4.36. The molecule has 3 rings (SSSR count). The highest BCUT2D eigenvalue weighted by Crippen LogP contribution is 2.31. The third-order valence-corrected chi connectivity index (χ3v) is 6.13. The van der Waals surface area contributed by atoms with Crippen LogP contribution >= 0.6 is 11.3 Å². The van der Waals surface area contributed by atoms with Crippen LogP contribution in [0.25, 0.3) is 0 Å². The van der Waals surface area contributed by atoms with Gasteiger partial charge >= 0.3 is 0 Å². The summed E-state index contributed by atoms with van der Waals surface area (Å²) in [4.78, 5) is 17.3. The molecule has 0 aliphatic carbocycles. The molecule has 2 bridgehead atoms. The Labute approximate surface area is 131 Å². The lowest BCUT2D eigenvalue weighted by Gasteiger charge is -2.37. The smallest absolute Gasteiger partial charge is 0.264 e. The van der Waals surface area contributed by atoms with Crippen LogP contribution in [0.4, 0.5) is 0 Å². The van der Waals surface area contributed by atoms with Gasteiger partial charge in [0.05, 0.1) is 4.88 Å². The van der Waals surface area contributed by atoms with Crippen molar-refractivity contribution in [2.45, 2.75) is 71.0 Å². The first-order valence-corrected chi connectivity index (χ1v) is 9.04. The zero-order valence-electron chi connectivity index (χ0n) is 13.3. The Balaban J connectivity index is 1.78. The molecule has 2 fully saturated rings. The summed E-state index contributed by atoms with van der Waals surface area (Å²) in [6, 6.07) is 3.76. The van der Waals surface area contributed by atoms with E-state index in [4.69, 9.17) is 0 Å². The van der Waals surface area contributed by atoms with E-state index in [0.717, 1.165) is 30.7 Å². The number of nitrogens with zero attached hydrogens (tertiary/aromatic N) is 1. The summed E-state index contributed by atoms with van der Waals surface area (Å²) in [5.74, 6) is 0.254. The van der Waals surface area contributed by atoms with Gasteiger partial charge in [0, 0.05) is 29.5 Å². The first-order valence-electron chi connectivity index (χ1n) is 8.22. The van der Waals surface area contributed by atoms with Crippen molar-refractivity contribution in [3.05, 3.63) is 21.4 Å². The van der Waals surface area contributed by atoms with Crippen molar-refractivity contribution >= 4 is 17.2 Å². The van der Waals surface area contributed by atoms with Crippen molar-refractivity contribution in [2.24, 2.45) is 0 Å². The predicted molar refractivity (Wildman–Crippen MR) is 88.1 cm³/mol. The molecule has 2 saturated heterocycles. The SMILES string of the molecule is CCCN(C(=O)c1cc(C)c(C)s1)C1CC2CCC(C1)N2. The summed E-state index contributed by atoms with van der Waals surface area (Å²) < 4.78 is 0. The molecule has 2 unspecified atom stereocenters. The highest BCUT2D eigenvalue weighted by atomic mass is 32.1. The van der Waals surface area contributed by atoms with E-state index in [1.807, 2.05) is 0 Å². The second-order valence-electron chi connectivity index (χ2n) is 6.61. The Bertz CT molecular complexity index is 493. The normalized spacial score (nSPS) is 27.9. The van der Waals surface area contributed by atoms with Gasteiger partial charge in [0.15, 0.2) is 0 Å². The zero-order valence-corrected chi connectivity index (χ0v) is 14.1. The van der Waals surface area contributed by atoms with Gasteiger partial charge in [0.25, 0.3) is 5.91 Å². The minimum Gasteiger partial charge on any atom is -0.335 e. The summed E-state index contributed by atoms with van der Waals surface area (Å²) in [6.45, 7) is 7.25. The van der Waals surface area contributed by atoms with Crippen molar-refractivity contribution in [1.29, 1.82) is 0 Å². The third-order valence-electron chi connectivity index (χ3n) is 4.99. The Morgan fingerprint density at radius 3 is 2.52 bits per heavy atom. The topological polar surface area (TPSA) is 32.3 Å². The Hall–Kier alpha value is -0.870. The van der Waals surface area contributed by atoms with Crippen LogP contribution in [0.15, 0.2) is 6.07 Å². The number of carbonyl (C=O) groups excluding carboxylic acids is 1. The summed E-state index contributed by atoms with van der Waals surface area (Å²) >= 11 is 1.65. The van der Waals surface area contributed by atoms with Gasteiger partial charge in [-0.3, -0.25) is 4.79 Å². The molecule has 1 aromatic rings. The van der Waals surface area contributed by atoms with Gasteiger partial charge in [0.1, 0.15) is 0 Å². The van der Waals surface area contributed by atoms with E-state index in [2.05, 4.69) is 37.1 Å². The van der Waals surface area contributed by atoms with E-state index in [-0.39, 0.29) is 5.91 Å². The van der Waals surface area contributed by atoms with Crippen LogP contribution in [0.1, 0.15) is 59.1 Å². The molecule has 116 valence electrons. The maximum absolute atomic E-state index is 12.9. The average molecular weight is 306 g/mol. The summed E-state index contributed by atoms with van der Waals surface area (Å²) in [6.07, 6.45) is 5.87. The second kappa shape index (κ2) is 6.09. The fraction of sp³-hybridized carbons (Fsp3) is 0.706. The third kappa shape index (κ3) is 3.02. The van der Waals surface area contributed by atoms with Crippen LogP contribution in [-0.4, -0.2) is 35.5 Å². The monoisotopic (exact) mass is 306 g/mol. The molecule has 2 aliphatic heterocycles. The standard InChI is InChI=1S/C17H26N2OS/c1-4-7-19(15-9-13-5-6-14(10-15)18-13)17(20)16-8-11(2)12(3)21-16/h8,13-15,18H,4-7,9-10H2,1-3H3. The van der Waals surface area contributed by atoms with Crippen molar-refractivity contribution in [3.8, 4) is 0 Å². The van der Waals surface area contributed by atoms with Gasteiger partial charge in [-0.1, -0.05) is 6.92 Å². The van der Waals surface area contributed by atoms with Crippen LogP contribution in [0.5, 0.6) is 0 Å². The summed E-state index contributed by atoms with van der Waals surface area (Å²) in [5.41, 5.74) is 1.24. The number of piperidine rings is 1. The number of hydrogen-bond acceptors (Lipinski definition) is 3. The first-order chi connectivity index (χ1) is 10.1. The molecule has 1 N–H and O–H groups in total. The number of aryl methyl sites for hydroxylation is 2. The van der Waals surface area contributed by atoms with Crippen LogP contribution in [0.3, 0.4) is 0 Å². The fourth-order valence-electron chi connectivity index (χ4n) is 3.79. The van der Waals surface area contributed by atoms with Crippen molar-refractivity contribution in [2.75, 3.05) is 6.54 Å². The van der Waals surface area contributed by atoms with Crippen molar-refractivity contribution in [3.63, 3.8) is 0 Å². The van der Waals surface area contributed by atoms with Crippen LogP contribution < -0.4 is 5.32 Å². The van der Waals surface area contributed by atoms with Gasteiger partial charge in [0.2, 0.25) is 0 Å². The van der Waals surface area contributed by atoms with E-state index in [0.29, 0.717) is 18.1 Å². The van der Waals surface area contributed by atoms with E-state index in [1.165, 1.54) is 23.3 Å². The lowest BCUT2D eigenvalue weighted by atomic mass is 9.97. The second-order valence-corrected chi connectivity index (χ2v) is 7.87. The van der Waals surface area contributed by atoms with Gasteiger partial charge in [-0.15, -0.1) is 11.3 Å². The lowest BCUT2D eigenvalue weighted by Crippen LogP contribution is -2.50. The van der Waals surface area contributed by atoms with Gasteiger partial charge in [-0.05, 0) is 57.6 Å². The quantitative estimate of drug-likeness (QED) is 0.923. The Morgan fingerprint density at radius 2 is 2.00 bits per heavy atom. The fourth-order valence-corrected chi connectivity index (χ4v) is 4.78. The van der Waals surface area contributed by atoms with E-state index in [1.54, 1.807) is 11.3 Å².